The van der Waals surface area contributed by atoms with Gasteiger partial charge in [-0.2, -0.15) is 0 Å². The molecule has 4 nitrogen and oxygen atoms in total. The highest BCUT2D eigenvalue weighted by atomic mass is 32.1. The van der Waals surface area contributed by atoms with E-state index < -0.39 is 0 Å². The number of nitrogens with zero attached hydrogens (tertiary/aromatic N) is 1. The van der Waals surface area contributed by atoms with Gasteiger partial charge in [0.15, 0.2) is 0 Å². The SMILES string of the molecule is Cc1ncc(CNC(=O)C2(CN)CCCCC2)s1. The maximum Gasteiger partial charge on any atom is 0.227 e. The van der Waals surface area contributed by atoms with Crippen LogP contribution in [0.25, 0.3) is 0 Å². The first kappa shape index (κ1) is 13.5. The first-order valence-electron chi connectivity index (χ1n) is 6.56. The highest BCUT2D eigenvalue weighted by molar-refractivity contribution is 7.11. The van der Waals surface area contributed by atoms with Crippen molar-refractivity contribution in [2.24, 2.45) is 11.1 Å². The molecule has 0 aliphatic heterocycles. The zero-order chi connectivity index (χ0) is 13.0. The molecule has 2 rings (SSSR count). The number of nitrogens with one attached hydrogen (secondary N) is 1. The van der Waals surface area contributed by atoms with Gasteiger partial charge >= 0.3 is 0 Å². The number of aryl methyl sites for hydroxylation is 1. The third-order valence-corrected chi connectivity index (χ3v) is 4.69. The van der Waals surface area contributed by atoms with Gasteiger partial charge in [0.25, 0.3) is 0 Å². The molecule has 0 aromatic carbocycles. The Morgan fingerprint density at radius 2 is 2.22 bits per heavy atom. The Bertz CT molecular complexity index is 410. The Hall–Kier alpha value is -0.940. The van der Waals surface area contributed by atoms with Gasteiger partial charge in [0, 0.05) is 17.6 Å². The van der Waals surface area contributed by atoms with Crippen molar-refractivity contribution in [1.29, 1.82) is 0 Å². The molecule has 0 spiro atoms. The molecule has 0 saturated heterocycles. The highest BCUT2D eigenvalue weighted by Gasteiger charge is 2.37. The third kappa shape index (κ3) is 2.90. The van der Waals surface area contributed by atoms with Gasteiger partial charge in [-0.15, -0.1) is 11.3 Å². The number of hydrogen-bond donors (Lipinski definition) is 2. The molecule has 0 unspecified atom stereocenters. The van der Waals surface area contributed by atoms with Crippen molar-refractivity contribution in [3.05, 3.63) is 16.1 Å². The van der Waals surface area contributed by atoms with Crippen LogP contribution in [0.3, 0.4) is 0 Å². The third-order valence-electron chi connectivity index (χ3n) is 3.78. The highest BCUT2D eigenvalue weighted by Crippen LogP contribution is 2.35. The fourth-order valence-electron chi connectivity index (χ4n) is 2.59. The minimum Gasteiger partial charge on any atom is -0.351 e. The zero-order valence-corrected chi connectivity index (χ0v) is 11.7. The van der Waals surface area contributed by atoms with Crippen LogP contribution >= 0.6 is 11.3 Å². The second kappa shape index (κ2) is 5.80. The fraction of sp³-hybridized carbons (Fsp3) is 0.692. The van der Waals surface area contributed by atoms with Crippen LogP contribution in [-0.4, -0.2) is 17.4 Å². The summed E-state index contributed by atoms with van der Waals surface area (Å²) in [7, 11) is 0. The molecule has 1 amide bonds. The molecule has 3 N–H and O–H groups in total. The zero-order valence-electron chi connectivity index (χ0n) is 10.9. The molecule has 0 radical (unpaired) electrons. The van der Waals surface area contributed by atoms with Gasteiger partial charge in [0.05, 0.1) is 17.0 Å². The van der Waals surface area contributed by atoms with E-state index in [4.69, 9.17) is 5.73 Å². The lowest BCUT2D eigenvalue weighted by Gasteiger charge is -2.34. The summed E-state index contributed by atoms with van der Waals surface area (Å²) >= 11 is 1.63. The van der Waals surface area contributed by atoms with E-state index in [1.54, 1.807) is 11.3 Å². The Labute approximate surface area is 112 Å². The summed E-state index contributed by atoms with van der Waals surface area (Å²) in [5.74, 6) is 0.121. The lowest BCUT2D eigenvalue weighted by atomic mass is 9.73. The minimum atomic E-state index is -0.321. The van der Waals surface area contributed by atoms with Crippen LogP contribution in [0.4, 0.5) is 0 Å². The summed E-state index contributed by atoms with van der Waals surface area (Å²) in [5, 5.41) is 4.06. The molecule has 1 saturated carbocycles. The van der Waals surface area contributed by atoms with Crippen molar-refractivity contribution in [3.63, 3.8) is 0 Å². The summed E-state index contributed by atoms with van der Waals surface area (Å²) < 4.78 is 0. The lowest BCUT2D eigenvalue weighted by Crippen LogP contribution is -2.46. The number of thiazole rings is 1. The average molecular weight is 267 g/mol. The summed E-state index contributed by atoms with van der Waals surface area (Å²) in [4.78, 5) is 17.6. The number of nitrogens with two attached hydrogens (primary N) is 1. The topological polar surface area (TPSA) is 68.0 Å². The van der Waals surface area contributed by atoms with E-state index in [0.717, 1.165) is 35.6 Å². The average Bonchev–Trinajstić information content (AvgIpc) is 2.82. The van der Waals surface area contributed by atoms with Crippen molar-refractivity contribution < 1.29 is 4.79 Å². The Morgan fingerprint density at radius 1 is 1.50 bits per heavy atom. The van der Waals surface area contributed by atoms with E-state index in [1.165, 1.54) is 6.42 Å². The van der Waals surface area contributed by atoms with Crippen LogP contribution < -0.4 is 11.1 Å². The maximum atomic E-state index is 12.3. The Kier molecular flexibility index (Phi) is 4.35. The van der Waals surface area contributed by atoms with Gasteiger partial charge in [-0.25, -0.2) is 4.98 Å². The van der Waals surface area contributed by atoms with Gasteiger partial charge in [0.2, 0.25) is 5.91 Å². The first-order valence-corrected chi connectivity index (χ1v) is 7.38. The van der Waals surface area contributed by atoms with Crippen molar-refractivity contribution >= 4 is 17.2 Å². The van der Waals surface area contributed by atoms with Crippen molar-refractivity contribution in [1.82, 2.24) is 10.3 Å². The van der Waals surface area contributed by atoms with Gasteiger partial charge < -0.3 is 11.1 Å². The number of carbonyl (C=O) groups excluding carboxylic acids is 1. The minimum absolute atomic E-state index is 0.121. The number of rotatable bonds is 4. The molecular formula is C13H21N3OS. The molecule has 1 fully saturated rings. The molecular weight excluding hydrogens is 246 g/mol. The summed E-state index contributed by atoms with van der Waals surface area (Å²) in [6, 6.07) is 0. The maximum absolute atomic E-state index is 12.3. The second-order valence-corrected chi connectivity index (χ2v) is 6.39. The lowest BCUT2D eigenvalue weighted by molar-refractivity contribution is -0.132. The molecule has 1 aliphatic rings. The molecule has 1 heterocycles. The van der Waals surface area contributed by atoms with Gasteiger partial charge in [-0.3, -0.25) is 4.79 Å². The van der Waals surface area contributed by atoms with Crippen LogP contribution in [0.5, 0.6) is 0 Å². The number of carbonyl (C=O) groups is 1. The molecule has 18 heavy (non-hydrogen) atoms. The van der Waals surface area contributed by atoms with E-state index in [-0.39, 0.29) is 11.3 Å². The van der Waals surface area contributed by atoms with Crippen molar-refractivity contribution in [2.45, 2.75) is 45.6 Å². The van der Waals surface area contributed by atoms with Crippen molar-refractivity contribution in [2.75, 3.05) is 6.54 Å². The second-order valence-electron chi connectivity index (χ2n) is 5.07. The summed E-state index contributed by atoms with van der Waals surface area (Å²) in [5.41, 5.74) is 5.52. The van der Waals surface area contributed by atoms with E-state index in [2.05, 4.69) is 10.3 Å². The molecule has 0 bridgehead atoms. The van der Waals surface area contributed by atoms with Gasteiger partial charge in [-0.05, 0) is 19.8 Å². The van der Waals surface area contributed by atoms with Crippen LogP contribution in [-0.2, 0) is 11.3 Å². The smallest absolute Gasteiger partial charge is 0.227 e. The Balaban J connectivity index is 1.93. The number of amides is 1. The molecule has 5 heteroatoms. The monoisotopic (exact) mass is 267 g/mol. The van der Waals surface area contributed by atoms with Crippen molar-refractivity contribution in [3.8, 4) is 0 Å². The van der Waals surface area contributed by atoms with E-state index in [0.29, 0.717) is 13.1 Å². The predicted octanol–water partition coefficient (Wildman–Crippen LogP) is 1.98. The van der Waals surface area contributed by atoms with Crippen LogP contribution in [0.2, 0.25) is 0 Å². The van der Waals surface area contributed by atoms with Crippen LogP contribution in [0, 0.1) is 12.3 Å². The van der Waals surface area contributed by atoms with E-state index >= 15 is 0 Å². The quantitative estimate of drug-likeness (QED) is 0.876. The van der Waals surface area contributed by atoms with Crippen LogP contribution in [0.1, 0.15) is 42.0 Å². The number of hydrogen-bond acceptors (Lipinski definition) is 4. The molecule has 1 aliphatic carbocycles. The predicted molar refractivity (Wildman–Crippen MR) is 73.3 cm³/mol. The summed E-state index contributed by atoms with van der Waals surface area (Å²) in [6.45, 7) is 3.01. The fourth-order valence-corrected chi connectivity index (χ4v) is 3.33. The van der Waals surface area contributed by atoms with E-state index in [9.17, 15) is 4.79 Å². The van der Waals surface area contributed by atoms with Gasteiger partial charge in [0.1, 0.15) is 0 Å². The normalized spacial score (nSPS) is 18.6. The van der Waals surface area contributed by atoms with Gasteiger partial charge in [-0.1, -0.05) is 19.3 Å². The number of aromatic nitrogens is 1. The molecule has 1 aromatic rings. The first-order chi connectivity index (χ1) is 8.66. The standard InChI is InChI=1S/C13H21N3OS/c1-10-15-7-11(18-10)8-16-12(17)13(9-14)5-3-2-4-6-13/h7H,2-6,8-9,14H2,1H3,(H,16,17). The largest absolute Gasteiger partial charge is 0.351 e. The summed E-state index contributed by atoms with van der Waals surface area (Å²) in [6.07, 6.45) is 7.14. The molecule has 1 aromatic heterocycles. The Morgan fingerprint density at radius 3 is 2.78 bits per heavy atom. The van der Waals surface area contributed by atoms with E-state index in [1.807, 2.05) is 13.1 Å². The molecule has 0 atom stereocenters. The molecule has 100 valence electrons. The van der Waals surface area contributed by atoms with Crippen LogP contribution in [0.15, 0.2) is 6.20 Å².